The van der Waals surface area contributed by atoms with Gasteiger partial charge in [-0.05, 0) is 43.4 Å². The molecule has 0 fully saturated rings. The third-order valence-corrected chi connectivity index (χ3v) is 5.64. The minimum atomic E-state index is -0.935. The quantitative estimate of drug-likeness (QED) is 0.142. The molecular formula is C25H35N5O6. The Morgan fingerprint density at radius 3 is 2.53 bits per heavy atom. The van der Waals surface area contributed by atoms with E-state index in [1.807, 2.05) is 12.1 Å². The van der Waals surface area contributed by atoms with Gasteiger partial charge in [-0.2, -0.15) is 0 Å². The summed E-state index contributed by atoms with van der Waals surface area (Å²) in [5.74, 6) is -1.93. The molecule has 0 unspecified atom stereocenters. The van der Waals surface area contributed by atoms with Crippen LogP contribution in [0.25, 0.3) is 0 Å². The molecule has 0 saturated heterocycles. The molecule has 11 heteroatoms. The van der Waals surface area contributed by atoms with Crippen molar-refractivity contribution in [3.63, 3.8) is 0 Å². The number of amides is 2. The second-order valence-electron chi connectivity index (χ2n) is 8.52. The molecular weight excluding hydrogens is 466 g/mol. The summed E-state index contributed by atoms with van der Waals surface area (Å²) in [5, 5.41) is 5.40. The van der Waals surface area contributed by atoms with Gasteiger partial charge in [0.2, 0.25) is 11.8 Å². The van der Waals surface area contributed by atoms with Gasteiger partial charge in [0.15, 0.2) is 11.7 Å². The van der Waals surface area contributed by atoms with E-state index in [4.69, 9.17) is 20.9 Å². The van der Waals surface area contributed by atoms with Crippen LogP contribution in [-0.4, -0.2) is 61.9 Å². The number of hydrogen-bond donors (Lipinski definition) is 4. The molecule has 11 nitrogen and oxygen atoms in total. The number of fused-ring (bicyclic) bond motifs is 13. The first kappa shape index (κ1) is 28.3. The number of nitrogens with two attached hydrogens (primary N) is 2. The Hall–Kier alpha value is -3.89. The van der Waals surface area contributed by atoms with E-state index in [0.29, 0.717) is 18.6 Å². The third-order valence-electron chi connectivity index (χ3n) is 5.64. The molecule has 2 aliphatic heterocycles. The molecule has 2 heterocycles. The molecule has 0 aliphatic carbocycles. The first-order chi connectivity index (χ1) is 17.2. The molecule has 3 atom stereocenters. The summed E-state index contributed by atoms with van der Waals surface area (Å²) in [6.45, 7) is 1.88. The van der Waals surface area contributed by atoms with Gasteiger partial charge in [-0.1, -0.05) is 24.3 Å². The van der Waals surface area contributed by atoms with E-state index in [-0.39, 0.29) is 50.1 Å². The summed E-state index contributed by atoms with van der Waals surface area (Å²) >= 11 is 0. The SMILES string of the molecule is COC(=O)[C@@H]1C/C=C\COc2ccc(cc2)C[C@H](NC(C)=O)C(=O)C[C@@H](CCCN=C(N)N)C(=O)N1. The Morgan fingerprint density at radius 1 is 1.17 bits per heavy atom. The van der Waals surface area contributed by atoms with Gasteiger partial charge in [0.1, 0.15) is 18.4 Å². The number of aliphatic imine (C=N–C) groups is 1. The van der Waals surface area contributed by atoms with Crippen LogP contribution < -0.4 is 26.8 Å². The molecule has 196 valence electrons. The minimum Gasteiger partial charge on any atom is -0.490 e. The topological polar surface area (TPSA) is 175 Å². The lowest BCUT2D eigenvalue weighted by atomic mass is 9.90. The number of carbonyl (C=O) groups excluding carboxylic acids is 4. The third kappa shape index (κ3) is 9.77. The van der Waals surface area contributed by atoms with Crippen molar-refractivity contribution < 1.29 is 28.7 Å². The summed E-state index contributed by atoms with van der Waals surface area (Å²) in [5.41, 5.74) is 11.6. The van der Waals surface area contributed by atoms with Crippen molar-refractivity contribution in [2.45, 2.75) is 51.1 Å². The van der Waals surface area contributed by atoms with Crippen molar-refractivity contribution in [3.8, 4) is 5.75 Å². The second kappa shape index (κ2) is 14.5. The predicted molar refractivity (Wildman–Crippen MR) is 134 cm³/mol. The lowest BCUT2D eigenvalue weighted by Crippen LogP contribution is -2.46. The summed E-state index contributed by atoms with van der Waals surface area (Å²) in [6.07, 6.45) is 4.51. The number of ketones is 1. The van der Waals surface area contributed by atoms with Crippen molar-refractivity contribution in [1.82, 2.24) is 10.6 Å². The first-order valence-corrected chi connectivity index (χ1v) is 11.8. The van der Waals surface area contributed by atoms with Gasteiger partial charge < -0.3 is 31.6 Å². The number of methoxy groups -OCH3 is 1. The number of guanidine groups is 1. The summed E-state index contributed by atoms with van der Waals surface area (Å²) in [7, 11) is 1.24. The van der Waals surface area contributed by atoms with Crippen LogP contribution >= 0.6 is 0 Å². The number of hydrogen-bond acceptors (Lipinski definition) is 7. The Balaban J connectivity index is 2.34. The monoisotopic (exact) mass is 501 g/mol. The smallest absolute Gasteiger partial charge is 0.328 e. The van der Waals surface area contributed by atoms with Gasteiger partial charge in [0.25, 0.3) is 0 Å². The molecule has 1 aromatic rings. The van der Waals surface area contributed by atoms with Crippen molar-refractivity contribution in [3.05, 3.63) is 42.0 Å². The zero-order valence-corrected chi connectivity index (χ0v) is 20.7. The predicted octanol–water partition coefficient (Wildman–Crippen LogP) is 0.359. The molecule has 36 heavy (non-hydrogen) atoms. The van der Waals surface area contributed by atoms with Crippen molar-refractivity contribution in [2.24, 2.45) is 22.4 Å². The van der Waals surface area contributed by atoms with Gasteiger partial charge in [-0.3, -0.25) is 19.4 Å². The summed E-state index contributed by atoms with van der Waals surface area (Å²) in [6, 6.07) is 5.46. The van der Waals surface area contributed by atoms with E-state index < -0.39 is 29.9 Å². The minimum absolute atomic E-state index is 0.0669. The molecule has 0 spiro atoms. The number of carbonyl (C=O) groups is 4. The van der Waals surface area contributed by atoms with Gasteiger partial charge in [-0.25, -0.2) is 4.79 Å². The number of benzene rings is 1. The van der Waals surface area contributed by atoms with E-state index in [1.165, 1.54) is 14.0 Å². The Bertz CT molecular complexity index is 972. The number of ether oxygens (including phenoxy) is 2. The maximum atomic E-state index is 13.3. The fraction of sp³-hybridized carbons (Fsp3) is 0.480. The van der Waals surface area contributed by atoms with Crippen LogP contribution in [0.3, 0.4) is 0 Å². The number of nitrogens with zero attached hydrogens (tertiary/aromatic N) is 1. The highest BCUT2D eigenvalue weighted by Gasteiger charge is 2.30. The molecule has 6 N–H and O–H groups in total. The van der Waals surface area contributed by atoms with Crippen LogP contribution in [0.5, 0.6) is 5.75 Å². The first-order valence-electron chi connectivity index (χ1n) is 11.8. The maximum Gasteiger partial charge on any atom is 0.328 e. The lowest BCUT2D eigenvalue weighted by molar-refractivity contribution is -0.145. The Labute approximate surface area is 210 Å². The molecule has 1 aromatic carbocycles. The molecule has 0 aromatic heterocycles. The van der Waals surface area contributed by atoms with E-state index in [0.717, 1.165) is 5.56 Å². The highest BCUT2D eigenvalue weighted by molar-refractivity contribution is 5.93. The van der Waals surface area contributed by atoms with Crippen molar-refractivity contribution in [1.29, 1.82) is 0 Å². The number of rotatable bonds is 6. The maximum absolute atomic E-state index is 13.3. The zero-order valence-electron chi connectivity index (χ0n) is 20.7. The Morgan fingerprint density at radius 2 is 1.89 bits per heavy atom. The van der Waals surface area contributed by atoms with Crippen LogP contribution in [0, 0.1) is 5.92 Å². The van der Waals surface area contributed by atoms with E-state index >= 15 is 0 Å². The van der Waals surface area contributed by atoms with Crippen LogP contribution in [0.1, 0.15) is 38.2 Å². The van der Waals surface area contributed by atoms with Crippen molar-refractivity contribution >= 4 is 29.5 Å². The Kier molecular flexibility index (Phi) is 11.4. The molecule has 3 rings (SSSR count). The van der Waals surface area contributed by atoms with Crippen molar-refractivity contribution in [2.75, 3.05) is 20.3 Å². The fourth-order valence-corrected chi connectivity index (χ4v) is 3.80. The van der Waals surface area contributed by atoms with E-state index in [2.05, 4.69) is 15.6 Å². The van der Waals surface area contributed by atoms with Gasteiger partial charge >= 0.3 is 5.97 Å². The van der Waals surface area contributed by atoms with E-state index in [9.17, 15) is 19.2 Å². The standard InChI is InChI=1S/C25H35N5O6/c1-16(31)29-21-14-17-8-10-19(11-9-17)36-13-4-3-7-20(24(34)35-2)30-23(33)18(15-22(21)32)6-5-12-28-25(26)27/h3-4,8-11,18,20-21H,5-7,12-15H2,1-2H3,(H,29,31)(H,30,33)(H4,26,27,28)/b4-3-/t18-,20+,21+/m1/s1. The van der Waals surface area contributed by atoms with Gasteiger partial charge in [0, 0.05) is 25.8 Å². The number of nitrogens with one attached hydrogen (secondary N) is 2. The van der Waals surface area contributed by atoms with Crippen LogP contribution in [0.2, 0.25) is 0 Å². The normalized spacial score (nSPS) is 21.9. The summed E-state index contributed by atoms with van der Waals surface area (Å²) < 4.78 is 10.5. The van der Waals surface area contributed by atoms with Crippen LogP contribution in [0.15, 0.2) is 41.4 Å². The van der Waals surface area contributed by atoms with Crippen LogP contribution in [-0.2, 0) is 30.3 Å². The fourth-order valence-electron chi connectivity index (χ4n) is 3.80. The van der Waals surface area contributed by atoms with E-state index in [1.54, 1.807) is 24.3 Å². The largest absolute Gasteiger partial charge is 0.490 e. The summed E-state index contributed by atoms with van der Waals surface area (Å²) in [4.78, 5) is 54.5. The van der Waals surface area contributed by atoms with Crippen LogP contribution in [0.4, 0.5) is 0 Å². The van der Waals surface area contributed by atoms with Gasteiger partial charge in [0.05, 0.1) is 13.2 Å². The average molecular weight is 502 g/mol. The molecule has 2 amide bonds. The molecule has 0 radical (unpaired) electrons. The molecule has 2 bridgehead atoms. The zero-order chi connectivity index (χ0) is 26.5. The molecule has 0 saturated carbocycles. The number of esters is 1. The highest BCUT2D eigenvalue weighted by Crippen LogP contribution is 2.18. The number of Topliss-reactive ketones (excluding diaryl/α,β-unsaturated/α-hetero) is 1. The molecule has 2 aliphatic rings. The second-order valence-corrected chi connectivity index (χ2v) is 8.52. The highest BCUT2D eigenvalue weighted by atomic mass is 16.5. The average Bonchev–Trinajstić information content (AvgIpc) is 2.84. The van der Waals surface area contributed by atoms with Gasteiger partial charge in [-0.15, -0.1) is 0 Å². The lowest BCUT2D eigenvalue weighted by Gasteiger charge is -2.23.